The summed E-state index contributed by atoms with van der Waals surface area (Å²) in [4.78, 5) is 8.05. The lowest BCUT2D eigenvalue weighted by Crippen LogP contribution is -2.19. The summed E-state index contributed by atoms with van der Waals surface area (Å²) in [6.45, 7) is 3.89. The molecule has 1 aliphatic rings. The van der Waals surface area contributed by atoms with E-state index in [1.807, 2.05) is 0 Å². The topological polar surface area (TPSA) is 40.2 Å². The molecule has 0 aliphatic carbocycles. The van der Waals surface area contributed by atoms with Gasteiger partial charge in [0.25, 0.3) is 0 Å². The van der Waals surface area contributed by atoms with Gasteiger partial charge in [-0.05, 0) is 42.3 Å². The summed E-state index contributed by atoms with van der Waals surface area (Å²) in [7, 11) is 0. The number of nitrogens with zero attached hydrogens (tertiary/aromatic N) is 1. The van der Waals surface area contributed by atoms with Crippen LogP contribution in [-0.2, 0) is 0 Å². The van der Waals surface area contributed by atoms with Gasteiger partial charge in [-0.3, -0.25) is 4.99 Å². The molecule has 2 heterocycles. The van der Waals surface area contributed by atoms with Gasteiger partial charge in [0, 0.05) is 33.2 Å². The van der Waals surface area contributed by atoms with Crippen molar-refractivity contribution in [2.45, 2.75) is 6.92 Å². The van der Waals surface area contributed by atoms with Gasteiger partial charge in [-0.25, -0.2) is 0 Å². The number of aliphatic imine (C=N–C) groups is 1. The molecule has 0 saturated heterocycles. The number of amidine groups is 1. The zero-order valence-corrected chi connectivity index (χ0v) is 15.1. The summed E-state index contributed by atoms with van der Waals surface area (Å²) in [6, 6.07) is 15.0. The minimum atomic E-state index is 0. The Hall–Kier alpha value is -1.78. The predicted molar refractivity (Wildman–Crippen MR) is 103 cm³/mol. The van der Waals surface area contributed by atoms with Crippen molar-refractivity contribution in [3.8, 4) is 11.1 Å². The fraction of sp³-hybridized carbons (Fsp3) is 0.167. The van der Waals surface area contributed by atoms with Crippen LogP contribution in [0.25, 0.3) is 22.0 Å². The average molecular weight is 391 g/mol. The van der Waals surface area contributed by atoms with Crippen molar-refractivity contribution in [2.24, 2.45) is 4.99 Å². The molecule has 2 N–H and O–H groups in total. The van der Waals surface area contributed by atoms with Crippen LogP contribution < -0.4 is 5.32 Å². The van der Waals surface area contributed by atoms with E-state index < -0.39 is 0 Å². The zero-order chi connectivity index (χ0) is 15.1. The van der Waals surface area contributed by atoms with E-state index in [1.165, 1.54) is 22.1 Å². The fourth-order valence-corrected chi connectivity index (χ4v) is 3.28. The number of benzene rings is 2. The lowest BCUT2D eigenvalue weighted by atomic mass is 10.0. The van der Waals surface area contributed by atoms with Crippen molar-refractivity contribution >= 4 is 45.1 Å². The average Bonchev–Trinajstić information content (AvgIpc) is 3.13. The quantitative estimate of drug-likeness (QED) is 0.655. The number of aromatic nitrogens is 1. The monoisotopic (exact) mass is 389 g/mol. The highest BCUT2D eigenvalue weighted by Gasteiger charge is 2.17. The lowest BCUT2D eigenvalue weighted by molar-refractivity contribution is 0.960. The summed E-state index contributed by atoms with van der Waals surface area (Å²) in [5.74, 6) is 1.01. The molecule has 0 spiro atoms. The van der Waals surface area contributed by atoms with Gasteiger partial charge >= 0.3 is 0 Å². The van der Waals surface area contributed by atoms with Gasteiger partial charge in [0.2, 0.25) is 0 Å². The van der Waals surface area contributed by atoms with Crippen molar-refractivity contribution in [1.82, 2.24) is 10.3 Å². The molecule has 0 radical (unpaired) electrons. The van der Waals surface area contributed by atoms with Crippen LogP contribution in [0.15, 0.2) is 51.9 Å². The summed E-state index contributed by atoms with van der Waals surface area (Å²) in [6.07, 6.45) is 0. The SMILES string of the molecule is Cc1[nH]c2ccc(-c3ccc(Br)cc3)cc2c1C1=NCCN1.Cl. The minimum Gasteiger partial charge on any atom is -0.368 e. The Bertz CT molecular complexity index is 881. The van der Waals surface area contributed by atoms with E-state index in [1.54, 1.807) is 0 Å². The maximum Gasteiger partial charge on any atom is 0.130 e. The summed E-state index contributed by atoms with van der Waals surface area (Å²) >= 11 is 3.49. The van der Waals surface area contributed by atoms with Gasteiger partial charge in [-0.2, -0.15) is 0 Å². The Balaban J connectivity index is 0.00000156. The molecule has 118 valence electrons. The minimum absolute atomic E-state index is 0. The normalized spacial score (nSPS) is 13.6. The number of rotatable bonds is 2. The van der Waals surface area contributed by atoms with Crippen molar-refractivity contribution in [3.05, 3.63) is 58.2 Å². The predicted octanol–water partition coefficient (Wildman–Crippen LogP) is 4.68. The number of hydrogen-bond acceptors (Lipinski definition) is 2. The number of H-pyrrole nitrogens is 1. The van der Waals surface area contributed by atoms with Crippen LogP contribution in [0.3, 0.4) is 0 Å². The van der Waals surface area contributed by atoms with E-state index in [0.29, 0.717) is 0 Å². The molecule has 2 aromatic carbocycles. The molecule has 0 bridgehead atoms. The van der Waals surface area contributed by atoms with Gasteiger partial charge in [0.05, 0.1) is 6.54 Å². The third-order valence-electron chi connectivity index (χ3n) is 4.07. The number of halogens is 2. The third kappa shape index (κ3) is 2.89. The Kier molecular flexibility index (Phi) is 4.46. The smallest absolute Gasteiger partial charge is 0.130 e. The second-order valence-electron chi connectivity index (χ2n) is 5.55. The first-order chi connectivity index (χ1) is 10.7. The first-order valence-electron chi connectivity index (χ1n) is 7.39. The van der Waals surface area contributed by atoms with Gasteiger partial charge in [-0.15, -0.1) is 12.4 Å². The van der Waals surface area contributed by atoms with E-state index in [-0.39, 0.29) is 12.4 Å². The molecule has 4 rings (SSSR count). The van der Waals surface area contributed by atoms with Crippen LogP contribution in [0.1, 0.15) is 11.3 Å². The molecule has 0 amide bonds. The van der Waals surface area contributed by atoms with Crippen LogP contribution in [0.2, 0.25) is 0 Å². The van der Waals surface area contributed by atoms with Gasteiger partial charge in [0.15, 0.2) is 0 Å². The second kappa shape index (κ2) is 6.38. The van der Waals surface area contributed by atoms with E-state index in [4.69, 9.17) is 0 Å². The molecular weight excluding hydrogens is 374 g/mol. The maximum atomic E-state index is 4.58. The molecule has 1 aromatic heterocycles. The first-order valence-corrected chi connectivity index (χ1v) is 8.18. The third-order valence-corrected chi connectivity index (χ3v) is 4.60. The van der Waals surface area contributed by atoms with E-state index in [0.717, 1.165) is 34.6 Å². The standard InChI is InChI=1S/C18H16BrN3.ClH/c1-11-17(18-20-8-9-21-18)15-10-13(4-7-16(15)22-11)12-2-5-14(19)6-3-12;/h2-7,10,22H,8-9H2,1H3,(H,20,21);1H. The van der Waals surface area contributed by atoms with Crippen LogP contribution in [0.5, 0.6) is 0 Å². The second-order valence-corrected chi connectivity index (χ2v) is 6.47. The number of hydrogen-bond donors (Lipinski definition) is 2. The molecule has 3 aromatic rings. The Morgan fingerprint density at radius 1 is 1.04 bits per heavy atom. The van der Waals surface area contributed by atoms with Crippen LogP contribution in [0.4, 0.5) is 0 Å². The van der Waals surface area contributed by atoms with E-state index >= 15 is 0 Å². The molecule has 0 fully saturated rings. The van der Waals surface area contributed by atoms with E-state index in [9.17, 15) is 0 Å². The highest BCUT2D eigenvalue weighted by molar-refractivity contribution is 9.10. The maximum absolute atomic E-state index is 4.58. The van der Waals surface area contributed by atoms with Gasteiger partial charge in [0.1, 0.15) is 5.84 Å². The molecule has 1 aliphatic heterocycles. The molecule has 0 unspecified atom stereocenters. The summed E-state index contributed by atoms with van der Waals surface area (Å²) < 4.78 is 1.10. The fourth-order valence-electron chi connectivity index (χ4n) is 3.02. The Morgan fingerprint density at radius 2 is 1.78 bits per heavy atom. The van der Waals surface area contributed by atoms with Gasteiger partial charge < -0.3 is 10.3 Å². The summed E-state index contributed by atoms with van der Waals surface area (Å²) in [5.41, 5.74) is 5.96. The molecule has 5 heteroatoms. The first kappa shape index (κ1) is 16.1. The summed E-state index contributed by atoms with van der Waals surface area (Å²) in [5, 5.41) is 4.61. The number of aryl methyl sites for hydroxylation is 1. The van der Waals surface area contributed by atoms with Gasteiger partial charge in [-0.1, -0.05) is 34.1 Å². The number of fused-ring (bicyclic) bond motifs is 1. The molecule has 3 nitrogen and oxygen atoms in total. The Labute approximate surface area is 149 Å². The highest BCUT2D eigenvalue weighted by atomic mass is 79.9. The van der Waals surface area contributed by atoms with Crippen LogP contribution in [0, 0.1) is 6.92 Å². The van der Waals surface area contributed by atoms with Crippen LogP contribution >= 0.6 is 28.3 Å². The van der Waals surface area contributed by atoms with Crippen molar-refractivity contribution in [1.29, 1.82) is 0 Å². The molecule has 0 saturated carbocycles. The molecule has 23 heavy (non-hydrogen) atoms. The van der Waals surface area contributed by atoms with Crippen molar-refractivity contribution in [2.75, 3.05) is 13.1 Å². The highest BCUT2D eigenvalue weighted by Crippen LogP contribution is 2.29. The zero-order valence-electron chi connectivity index (χ0n) is 12.7. The molecular formula is C18H17BrClN3. The Morgan fingerprint density at radius 3 is 2.48 bits per heavy atom. The van der Waals surface area contributed by atoms with Crippen LogP contribution in [-0.4, -0.2) is 23.9 Å². The number of aromatic amines is 1. The molecule has 0 atom stereocenters. The lowest BCUT2D eigenvalue weighted by Gasteiger charge is -2.05. The number of nitrogens with one attached hydrogen (secondary N) is 2. The largest absolute Gasteiger partial charge is 0.368 e. The van der Waals surface area contributed by atoms with E-state index in [2.05, 4.69) is 80.6 Å². The van der Waals surface area contributed by atoms with Crippen molar-refractivity contribution < 1.29 is 0 Å². The van der Waals surface area contributed by atoms with Crippen molar-refractivity contribution in [3.63, 3.8) is 0 Å².